The van der Waals surface area contributed by atoms with E-state index in [-0.39, 0.29) is 30.8 Å². The lowest BCUT2D eigenvalue weighted by molar-refractivity contribution is -0.229. The summed E-state index contributed by atoms with van der Waals surface area (Å²) >= 11 is 0. The van der Waals surface area contributed by atoms with Gasteiger partial charge in [-0.05, 0) is 37.0 Å². The minimum Gasteiger partial charge on any atom is -0.497 e. The first kappa shape index (κ1) is 24.0. The van der Waals surface area contributed by atoms with E-state index in [0.29, 0.717) is 19.4 Å². The van der Waals surface area contributed by atoms with Crippen LogP contribution in [-0.2, 0) is 35.0 Å². The number of rotatable bonds is 11. The zero-order valence-corrected chi connectivity index (χ0v) is 18.2. The summed E-state index contributed by atoms with van der Waals surface area (Å²) in [5.41, 5.74) is 1.14. The Balaban J connectivity index is 1.77. The maximum absolute atomic E-state index is 11.3. The topological polar surface area (TPSA) is 89.5 Å². The number of esters is 2. The third kappa shape index (κ3) is 8.59. The third-order valence-electron chi connectivity index (χ3n) is 4.71. The molecule has 0 amide bonds. The summed E-state index contributed by atoms with van der Waals surface area (Å²) in [6.45, 7) is 3.35. The van der Waals surface area contributed by atoms with E-state index in [4.69, 9.17) is 28.4 Å². The molecule has 0 radical (unpaired) electrons. The molecule has 1 saturated heterocycles. The van der Waals surface area contributed by atoms with Crippen LogP contribution >= 0.6 is 0 Å². The Labute approximate surface area is 177 Å². The lowest BCUT2D eigenvalue weighted by atomic mass is 10.1. The largest absolute Gasteiger partial charge is 0.497 e. The van der Waals surface area contributed by atoms with Crippen molar-refractivity contribution in [1.29, 1.82) is 0 Å². The van der Waals surface area contributed by atoms with Crippen molar-refractivity contribution in [1.82, 2.24) is 0 Å². The zero-order valence-electron chi connectivity index (χ0n) is 18.2. The van der Waals surface area contributed by atoms with Gasteiger partial charge in [-0.1, -0.05) is 0 Å². The van der Waals surface area contributed by atoms with Crippen molar-refractivity contribution in [3.8, 4) is 11.5 Å². The maximum atomic E-state index is 11.3. The molecule has 0 saturated carbocycles. The Morgan fingerprint density at radius 1 is 1.00 bits per heavy atom. The van der Waals surface area contributed by atoms with Crippen molar-refractivity contribution < 1.29 is 38.0 Å². The highest BCUT2D eigenvalue weighted by atomic mass is 16.7. The predicted octanol–water partition coefficient (Wildman–Crippen LogP) is 3.04. The zero-order chi connectivity index (χ0) is 21.9. The molecular formula is C22H32O8. The fraction of sp³-hybridized carbons (Fsp3) is 0.636. The second-order valence-corrected chi connectivity index (χ2v) is 7.24. The van der Waals surface area contributed by atoms with Crippen LogP contribution in [-0.4, -0.2) is 57.9 Å². The van der Waals surface area contributed by atoms with E-state index in [1.54, 1.807) is 14.2 Å². The second kappa shape index (κ2) is 12.4. The van der Waals surface area contributed by atoms with Gasteiger partial charge in [-0.3, -0.25) is 9.59 Å². The highest BCUT2D eigenvalue weighted by molar-refractivity contribution is 5.66. The van der Waals surface area contributed by atoms with E-state index < -0.39 is 6.29 Å². The molecule has 0 N–H and O–H groups in total. The number of ether oxygens (including phenoxy) is 6. The van der Waals surface area contributed by atoms with E-state index in [0.717, 1.165) is 36.3 Å². The predicted molar refractivity (Wildman–Crippen MR) is 109 cm³/mol. The molecule has 8 nitrogen and oxygen atoms in total. The number of aryl methyl sites for hydroxylation is 1. The summed E-state index contributed by atoms with van der Waals surface area (Å²) in [6.07, 6.45) is 2.40. The molecule has 1 aliphatic heterocycles. The Bertz CT molecular complexity index is 667. The van der Waals surface area contributed by atoms with Crippen LogP contribution in [0.4, 0.5) is 0 Å². The summed E-state index contributed by atoms with van der Waals surface area (Å²) in [4.78, 5) is 22.4. The molecule has 0 bridgehead atoms. The molecule has 1 aromatic rings. The Morgan fingerprint density at radius 2 is 1.70 bits per heavy atom. The van der Waals surface area contributed by atoms with Gasteiger partial charge in [0.1, 0.15) is 24.2 Å². The molecule has 0 spiro atoms. The van der Waals surface area contributed by atoms with Crippen LogP contribution in [0.5, 0.6) is 11.5 Å². The van der Waals surface area contributed by atoms with Gasteiger partial charge in [0, 0.05) is 39.4 Å². The minimum atomic E-state index is -0.499. The van der Waals surface area contributed by atoms with Crippen LogP contribution in [0.1, 0.15) is 45.1 Å². The molecule has 8 heteroatoms. The smallest absolute Gasteiger partial charge is 0.302 e. The quantitative estimate of drug-likeness (QED) is 0.396. The van der Waals surface area contributed by atoms with Gasteiger partial charge in [0.15, 0.2) is 6.29 Å². The van der Waals surface area contributed by atoms with Crippen molar-refractivity contribution in [2.75, 3.05) is 27.4 Å². The Kier molecular flexibility index (Phi) is 9.89. The van der Waals surface area contributed by atoms with E-state index in [9.17, 15) is 9.59 Å². The van der Waals surface area contributed by atoms with Crippen LogP contribution in [0.3, 0.4) is 0 Å². The summed E-state index contributed by atoms with van der Waals surface area (Å²) < 4.78 is 32.7. The van der Waals surface area contributed by atoms with E-state index >= 15 is 0 Å². The van der Waals surface area contributed by atoms with Gasteiger partial charge < -0.3 is 28.4 Å². The van der Waals surface area contributed by atoms with Crippen LogP contribution in [0, 0.1) is 0 Å². The molecule has 1 fully saturated rings. The van der Waals surface area contributed by atoms with E-state index in [1.807, 2.05) is 18.2 Å². The van der Waals surface area contributed by atoms with Crippen molar-refractivity contribution >= 4 is 11.9 Å². The van der Waals surface area contributed by atoms with Gasteiger partial charge in [-0.25, -0.2) is 0 Å². The fourth-order valence-electron chi connectivity index (χ4n) is 3.34. The minimum absolute atomic E-state index is 0.116. The Hall–Kier alpha value is -2.32. The first-order valence-corrected chi connectivity index (χ1v) is 10.2. The normalized spacial score (nSPS) is 21.0. The molecule has 1 aliphatic rings. The first-order valence-electron chi connectivity index (χ1n) is 10.2. The standard InChI is InChI=1S/C22H32O8/c1-15(23)28-14-21-12-20(29-16(2)24)13-22(30-21)27-8-6-5-7-17-9-18(25-3)11-19(10-17)26-4/h9-11,20-22H,5-8,12-14H2,1-4H3/t20-,21-,22+/m0/s1. The number of carbonyl (C=O) groups is 2. The first-order chi connectivity index (χ1) is 14.4. The molecule has 1 heterocycles. The molecule has 3 atom stereocenters. The van der Waals surface area contributed by atoms with Crippen molar-refractivity contribution in [3.63, 3.8) is 0 Å². The van der Waals surface area contributed by atoms with Gasteiger partial charge >= 0.3 is 11.9 Å². The molecule has 1 aromatic carbocycles. The number of hydrogen-bond acceptors (Lipinski definition) is 8. The van der Waals surface area contributed by atoms with Crippen molar-refractivity contribution in [2.45, 2.75) is 64.4 Å². The van der Waals surface area contributed by atoms with Gasteiger partial charge in [0.05, 0.1) is 20.3 Å². The third-order valence-corrected chi connectivity index (χ3v) is 4.71. The molecule has 0 unspecified atom stereocenters. The molecular weight excluding hydrogens is 392 g/mol. The SMILES string of the molecule is COc1cc(CCCCO[C@H]2C[C@@H](OC(C)=O)C[C@@H](COC(C)=O)O2)cc(OC)c1. The van der Waals surface area contributed by atoms with Crippen LogP contribution in [0.2, 0.25) is 0 Å². The molecule has 168 valence electrons. The molecule has 0 aromatic heterocycles. The number of unbranched alkanes of at least 4 members (excludes halogenated alkanes) is 1. The summed E-state index contributed by atoms with van der Waals surface area (Å²) in [7, 11) is 3.27. The van der Waals surface area contributed by atoms with Crippen LogP contribution < -0.4 is 9.47 Å². The number of benzene rings is 1. The highest BCUT2D eigenvalue weighted by Gasteiger charge is 2.32. The number of carbonyl (C=O) groups excluding carboxylic acids is 2. The summed E-state index contributed by atoms with van der Waals surface area (Å²) in [5, 5.41) is 0. The van der Waals surface area contributed by atoms with Crippen molar-refractivity contribution in [3.05, 3.63) is 23.8 Å². The summed E-state index contributed by atoms with van der Waals surface area (Å²) in [5.74, 6) is 0.818. The lowest BCUT2D eigenvalue weighted by Crippen LogP contribution is -2.41. The van der Waals surface area contributed by atoms with E-state index in [1.165, 1.54) is 13.8 Å². The Morgan fingerprint density at radius 3 is 2.30 bits per heavy atom. The van der Waals surface area contributed by atoms with Crippen LogP contribution in [0.25, 0.3) is 0 Å². The van der Waals surface area contributed by atoms with Crippen molar-refractivity contribution in [2.24, 2.45) is 0 Å². The van der Waals surface area contributed by atoms with Gasteiger partial charge in [-0.2, -0.15) is 0 Å². The molecule has 2 rings (SSSR count). The van der Waals surface area contributed by atoms with Gasteiger partial charge in [0.25, 0.3) is 0 Å². The van der Waals surface area contributed by atoms with E-state index in [2.05, 4.69) is 0 Å². The number of methoxy groups -OCH3 is 2. The molecule has 0 aliphatic carbocycles. The number of hydrogen-bond donors (Lipinski definition) is 0. The van der Waals surface area contributed by atoms with Gasteiger partial charge in [-0.15, -0.1) is 0 Å². The lowest BCUT2D eigenvalue weighted by Gasteiger charge is -2.34. The fourth-order valence-corrected chi connectivity index (χ4v) is 3.34. The summed E-state index contributed by atoms with van der Waals surface area (Å²) in [6, 6.07) is 5.84. The highest BCUT2D eigenvalue weighted by Crippen LogP contribution is 2.25. The second-order valence-electron chi connectivity index (χ2n) is 7.24. The van der Waals surface area contributed by atoms with Gasteiger partial charge in [0.2, 0.25) is 0 Å². The monoisotopic (exact) mass is 424 g/mol. The average Bonchev–Trinajstić information content (AvgIpc) is 2.71. The maximum Gasteiger partial charge on any atom is 0.302 e. The molecule has 30 heavy (non-hydrogen) atoms. The average molecular weight is 424 g/mol. The van der Waals surface area contributed by atoms with Crippen LogP contribution in [0.15, 0.2) is 18.2 Å².